The fourth-order valence-corrected chi connectivity index (χ4v) is 3.04. The average Bonchev–Trinajstić information content (AvgIpc) is 2.89. The summed E-state index contributed by atoms with van der Waals surface area (Å²) in [4.78, 5) is 0. The normalized spacial score (nSPS) is 19.6. The third kappa shape index (κ3) is 2.43. The molecule has 0 aliphatic carbocycles. The van der Waals surface area contributed by atoms with E-state index in [1.807, 2.05) is 6.20 Å². The Balaban J connectivity index is 1.99. The van der Waals surface area contributed by atoms with Gasteiger partial charge in [-0.05, 0) is 44.4 Å². The molecule has 2 heterocycles. The SMILES string of the molecule is Cc1ccc(-c2cn[nH]c2C2CCCNC2)c(C)c1. The van der Waals surface area contributed by atoms with Crippen molar-refractivity contribution in [2.24, 2.45) is 0 Å². The van der Waals surface area contributed by atoms with Crippen LogP contribution in [0, 0.1) is 13.8 Å². The number of nitrogens with one attached hydrogen (secondary N) is 2. The average molecular weight is 255 g/mol. The summed E-state index contributed by atoms with van der Waals surface area (Å²) in [7, 11) is 0. The Kier molecular flexibility index (Phi) is 3.38. The molecule has 1 saturated heterocycles. The quantitative estimate of drug-likeness (QED) is 0.865. The van der Waals surface area contributed by atoms with Crippen molar-refractivity contribution in [1.82, 2.24) is 15.5 Å². The van der Waals surface area contributed by atoms with Crippen LogP contribution in [0.3, 0.4) is 0 Å². The van der Waals surface area contributed by atoms with Crippen molar-refractivity contribution in [3.8, 4) is 11.1 Å². The van der Waals surface area contributed by atoms with E-state index < -0.39 is 0 Å². The molecule has 19 heavy (non-hydrogen) atoms. The first-order valence-corrected chi connectivity index (χ1v) is 7.07. The highest BCUT2D eigenvalue weighted by molar-refractivity contribution is 5.69. The smallest absolute Gasteiger partial charge is 0.0568 e. The topological polar surface area (TPSA) is 40.7 Å². The van der Waals surface area contributed by atoms with E-state index in [4.69, 9.17) is 0 Å². The van der Waals surface area contributed by atoms with Crippen LogP contribution < -0.4 is 5.32 Å². The standard InChI is InChI=1S/C16H21N3/c1-11-5-6-14(12(2)8-11)15-10-18-19-16(15)13-4-3-7-17-9-13/h5-6,8,10,13,17H,3-4,7,9H2,1-2H3,(H,18,19). The molecule has 1 aromatic carbocycles. The molecule has 1 unspecified atom stereocenters. The Morgan fingerprint density at radius 1 is 1.21 bits per heavy atom. The van der Waals surface area contributed by atoms with Gasteiger partial charge in [-0.15, -0.1) is 0 Å². The van der Waals surface area contributed by atoms with Crippen LogP contribution in [0.15, 0.2) is 24.4 Å². The Labute approximate surface area is 114 Å². The molecular formula is C16H21N3. The van der Waals surface area contributed by atoms with Gasteiger partial charge in [0, 0.05) is 23.7 Å². The van der Waals surface area contributed by atoms with Crippen molar-refractivity contribution < 1.29 is 0 Å². The number of piperidine rings is 1. The Hall–Kier alpha value is -1.61. The minimum atomic E-state index is 0.562. The summed E-state index contributed by atoms with van der Waals surface area (Å²) in [6, 6.07) is 6.64. The number of hydrogen-bond donors (Lipinski definition) is 2. The van der Waals surface area contributed by atoms with Gasteiger partial charge in [0.25, 0.3) is 0 Å². The maximum atomic E-state index is 4.28. The predicted molar refractivity (Wildman–Crippen MR) is 78.3 cm³/mol. The predicted octanol–water partition coefficient (Wildman–Crippen LogP) is 3.16. The van der Waals surface area contributed by atoms with Crippen molar-refractivity contribution in [3.63, 3.8) is 0 Å². The number of H-pyrrole nitrogens is 1. The van der Waals surface area contributed by atoms with E-state index in [0.29, 0.717) is 5.92 Å². The van der Waals surface area contributed by atoms with E-state index in [0.717, 1.165) is 13.1 Å². The van der Waals surface area contributed by atoms with E-state index in [1.165, 1.54) is 40.8 Å². The van der Waals surface area contributed by atoms with Gasteiger partial charge in [0.1, 0.15) is 0 Å². The highest BCUT2D eigenvalue weighted by Crippen LogP contribution is 2.32. The van der Waals surface area contributed by atoms with Gasteiger partial charge in [0.15, 0.2) is 0 Å². The zero-order chi connectivity index (χ0) is 13.2. The minimum Gasteiger partial charge on any atom is -0.316 e. The lowest BCUT2D eigenvalue weighted by molar-refractivity contribution is 0.455. The lowest BCUT2D eigenvalue weighted by atomic mass is 9.90. The lowest BCUT2D eigenvalue weighted by Crippen LogP contribution is -2.28. The van der Waals surface area contributed by atoms with Crippen LogP contribution in [0.5, 0.6) is 0 Å². The van der Waals surface area contributed by atoms with Crippen LogP contribution in [-0.4, -0.2) is 23.3 Å². The molecule has 3 heteroatoms. The highest BCUT2D eigenvalue weighted by atomic mass is 15.1. The van der Waals surface area contributed by atoms with Crippen LogP contribution in [-0.2, 0) is 0 Å². The summed E-state index contributed by atoms with van der Waals surface area (Å²) >= 11 is 0. The minimum absolute atomic E-state index is 0.562. The summed E-state index contributed by atoms with van der Waals surface area (Å²) in [5, 5.41) is 11.0. The summed E-state index contributed by atoms with van der Waals surface area (Å²) in [6.45, 7) is 6.51. The van der Waals surface area contributed by atoms with Gasteiger partial charge >= 0.3 is 0 Å². The van der Waals surface area contributed by atoms with Crippen molar-refractivity contribution in [1.29, 1.82) is 0 Å². The van der Waals surface area contributed by atoms with Crippen LogP contribution in [0.1, 0.15) is 35.6 Å². The first-order chi connectivity index (χ1) is 9.25. The van der Waals surface area contributed by atoms with Crippen LogP contribution in [0.4, 0.5) is 0 Å². The molecule has 1 atom stereocenters. The van der Waals surface area contributed by atoms with Gasteiger partial charge in [-0.25, -0.2) is 0 Å². The van der Waals surface area contributed by atoms with Gasteiger partial charge < -0.3 is 5.32 Å². The lowest BCUT2D eigenvalue weighted by Gasteiger charge is -2.23. The molecule has 2 aromatic rings. The van der Waals surface area contributed by atoms with E-state index in [1.54, 1.807) is 0 Å². The molecule has 0 saturated carbocycles. The summed E-state index contributed by atoms with van der Waals surface area (Å²) in [5.41, 5.74) is 6.50. The maximum Gasteiger partial charge on any atom is 0.0568 e. The fraction of sp³-hybridized carbons (Fsp3) is 0.438. The first kappa shape index (κ1) is 12.4. The number of aromatic nitrogens is 2. The Bertz CT molecular complexity index is 565. The van der Waals surface area contributed by atoms with Crippen molar-refractivity contribution >= 4 is 0 Å². The van der Waals surface area contributed by atoms with Crippen LogP contribution >= 0.6 is 0 Å². The second-order valence-corrected chi connectivity index (χ2v) is 5.56. The molecule has 3 rings (SSSR count). The van der Waals surface area contributed by atoms with Gasteiger partial charge in [0.05, 0.1) is 6.20 Å². The monoisotopic (exact) mass is 255 g/mol. The number of rotatable bonds is 2. The number of hydrogen-bond acceptors (Lipinski definition) is 2. The van der Waals surface area contributed by atoms with Gasteiger partial charge in [-0.2, -0.15) is 5.10 Å². The van der Waals surface area contributed by atoms with Crippen LogP contribution in [0.2, 0.25) is 0 Å². The number of benzene rings is 1. The van der Waals surface area contributed by atoms with Gasteiger partial charge in [0.2, 0.25) is 0 Å². The number of aryl methyl sites for hydroxylation is 2. The molecule has 1 aliphatic rings. The van der Waals surface area contributed by atoms with Crippen LogP contribution in [0.25, 0.3) is 11.1 Å². The third-order valence-corrected chi connectivity index (χ3v) is 4.05. The molecule has 0 amide bonds. The molecule has 2 N–H and O–H groups in total. The van der Waals surface area contributed by atoms with Gasteiger partial charge in [-0.1, -0.05) is 23.8 Å². The second kappa shape index (κ2) is 5.17. The third-order valence-electron chi connectivity index (χ3n) is 4.05. The van der Waals surface area contributed by atoms with E-state index in [2.05, 4.69) is 47.6 Å². The van der Waals surface area contributed by atoms with E-state index >= 15 is 0 Å². The molecule has 0 spiro atoms. The molecular weight excluding hydrogens is 234 g/mol. The van der Waals surface area contributed by atoms with Crippen molar-refractivity contribution in [2.75, 3.05) is 13.1 Å². The molecule has 1 aromatic heterocycles. The first-order valence-electron chi connectivity index (χ1n) is 7.07. The zero-order valence-electron chi connectivity index (χ0n) is 11.7. The van der Waals surface area contributed by atoms with E-state index in [-0.39, 0.29) is 0 Å². The summed E-state index contributed by atoms with van der Waals surface area (Å²) in [5.74, 6) is 0.562. The van der Waals surface area contributed by atoms with Crippen molar-refractivity contribution in [3.05, 3.63) is 41.2 Å². The largest absolute Gasteiger partial charge is 0.316 e. The maximum absolute atomic E-state index is 4.28. The van der Waals surface area contributed by atoms with E-state index in [9.17, 15) is 0 Å². The Morgan fingerprint density at radius 3 is 2.84 bits per heavy atom. The molecule has 1 aliphatic heterocycles. The molecule has 0 radical (unpaired) electrons. The molecule has 1 fully saturated rings. The number of aromatic amines is 1. The second-order valence-electron chi connectivity index (χ2n) is 5.56. The zero-order valence-corrected chi connectivity index (χ0v) is 11.7. The molecule has 100 valence electrons. The molecule has 0 bridgehead atoms. The Morgan fingerprint density at radius 2 is 2.11 bits per heavy atom. The highest BCUT2D eigenvalue weighted by Gasteiger charge is 2.21. The van der Waals surface area contributed by atoms with Crippen molar-refractivity contribution in [2.45, 2.75) is 32.6 Å². The fourth-order valence-electron chi connectivity index (χ4n) is 3.04. The summed E-state index contributed by atoms with van der Waals surface area (Å²) < 4.78 is 0. The molecule has 3 nitrogen and oxygen atoms in total. The number of nitrogens with zero attached hydrogens (tertiary/aromatic N) is 1. The van der Waals surface area contributed by atoms with Gasteiger partial charge in [-0.3, -0.25) is 5.10 Å². The summed E-state index contributed by atoms with van der Waals surface area (Å²) in [6.07, 6.45) is 4.46.